The maximum Gasteiger partial charge on any atom is 0.219 e. The van der Waals surface area contributed by atoms with Crippen LogP contribution in [0.4, 0.5) is 4.39 Å². The molecule has 5 heteroatoms. The van der Waals surface area contributed by atoms with Crippen molar-refractivity contribution in [2.75, 3.05) is 20.8 Å². The van der Waals surface area contributed by atoms with Crippen LogP contribution in [0, 0.1) is 5.82 Å². The Morgan fingerprint density at radius 2 is 1.87 bits per heavy atom. The highest BCUT2D eigenvalue weighted by Crippen LogP contribution is 2.29. The monoisotopic (exact) mass is 214 g/mol. The minimum absolute atomic E-state index is 0.00635. The molecular weight excluding hydrogens is 201 g/mol. The van der Waals surface area contributed by atoms with E-state index in [-0.39, 0.29) is 23.6 Å². The first kappa shape index (κ1) is 11.5. The number of Topliss-reactive ketones (excluding diaryl/α,β-unsaturated/α-hetero) is 1. The number of benzene rings is 1. The first-order valence-corrected chi connectivity index (χ1v) is 4.38. The van der Waals surface area contributed by atoms with Crippen molar-refractivity contribution in [1.29, 1.82) is 0 Å². The van der Waals surface area contributed by atoms with Crippen LogP contribution in [0.2, 0.25) is 0 Å². The van der Waals surface area contributed by atoms with E-state index in [4.69, 9.17) is 9.47 Å². The van der Waals surface area contributed by atoms with Crippen LogP contribution in [0.1, 0.15) is 10.4 Å². The molecule has 0 heterocycles. The average Bonchev–Trinajstić information content (AvgIpc) is 2.27. The summed E-state index contributed by atoms with van der Waals surface area (Å²) >= 11 is 0. The Labute approximate surface area is 86.8 Å². The molecule has 0 aliphatic rings. The van der Waals surface area contributed by atoms with Gasteiger partial charge in [0.1, 0.15) is 12.4 Å². The molecule has 82 valence electrons. The molecule has 0 radical (unpaired) electrons. The fraction of sp³-hybridized carbons (Fsp3) is 0.300. The van der Waals surface area contributed by atoms with E-state index in [1.807, 2.05) is 0 Å². The zero-order chi connectivity index (χ0) is 11.4. The van der Waals surface area contributed by atoms with Crippen LogP contribution in [0.3, 0.4) is 0 Å². The molecule has 0 atom stereocenters. The maximum atomic E-state index is 13.4. The molecule has 0 aliphatic carbocycles. The summed E-state index contributed by atoms with van der Waals surface area (Å²) in [7, 11) is 2.83. The quantitative estimate of drug-likeness (QED) is 0.731. The fourth-order valence-corrected chi connectivity index (χ4v) is 1.20. The third-order valence-electron chi connectivity index (χ3n) is 2.00. The van der Waals surface area contributed by atoms with Gasteiger partial charge in [-0.15, -0.1) is 0 Å². The maximum absolute atomic E-state index is 13.4. The summed E-state index contributed by atoms with van der Waals surface area (Å²) in [6.45, 7) is 0.00635. The first-order chi connectivity index (χ1) is 7.13. The molecule has 15 heavy (non-hydrogen) atoms. The molecule has 0 spiro atoms. The van der Waals surface area contributed by atoms with Gasteiger partial charge < -0.3 is 15.2 Å². The van der Waals surface area contributed by atoms with Gasteiger partial charge in [0.05, 0.1) is 19.8 Å². The molecule has 4 nitrogen and oxygen atoms in total. The Bertz CT molecular complexity index is 379. The Balaban J connectivity index is 3.25. The molecule has 1 aromatic carbocycles. The van der Waals surface area contributed by atoms with Gasteiger partial charge in [-0.3, -0.25) is 4.79 Å². The van der Waals surface area contributed by atoms with E-state index in [2.05, 4.69) is 5.73 Å². The largest absolute Gasteiger partial charge is 0.493 e. The second kappa shape index (κ2) is 4.75. The van der Waals surface area contributed by atoms with E-state index in [0.29, 0.717) is 5.75 Å². The van der Waals surface area contributed by atoms with Gasteiger partial charge >= 0.3 is 0 Å². The number of carbonyl (C=O) groups is 1. The third kappa shape index (κ3) is 2.24. The van der Waals surface area contributed by atoms with Gasteiger partial charge in [0.25, 0.3) is 0 Å². The molecule has 0 unspecified atom stereocenters. The summed E-state index contributed by atoms with van der Waals surface area (Å²) in [4.78, 5) is 11.3. The van der Waals surface area contributed by atoms with E-state index < -0.39 is 5.82 Å². The number of halogens is 1. The van der Waals surface area contributed by atoms with Crippen molar-refractivity contribution in [3.63, 3.8) is 0 Å². The summed E-state index contributed by atoms with van der Waals surface area (Å²) in [5, 5.41) is 0. The number of rotatable bonds is 4. The topological polar surface area (TPSA) is 63.2 Å². The highest BCUT2D eigenvalue weighted by atomic mass is 19.1. The smallest absolute Gasteiger partial charge is 0.219 e. The average molecular weight is 214 g/mol. The highest BCUT2D eigenvalue weighted by Gasteiger charge is 2.16. The summed E-state index contributed by atoms with van der Waals surface area (Å²) in [5.74, 6) is -0.402. The van der Waals surface area contributed by atoms with Crippen LogP contribution in [0.25, 0.3) is 0 Å². The van der Waals surface area contributed by atoms with E-state index in [0.717, 1.165) is 6.07 Å². The van der Waals surface area contributed by atoms with Crippen molar-refractivity contribution < 1.29 is 24.4 Å². The number of hydrogen-bond acceptors (Lipinski definition) is 3. The predicted octanol–water partition coefficient (Wildman–Crippen LogP) is 0.267. The molecule has 0 fully saturated rings. The summed E-state index contributed by atoms with van der Waals surface area (Å²) in [6.07, 6.45) is 0. The van der Waals surface area contributed by atoms with Gasteiger partial charge in [-0.25, -0.2) is 4.39 Å². The number of hydrogen-bond donors (Lipinski definition) is 1. The SMILES string of the molecule is COc1cc(F)c(C(=O)C[NH3+])cc1OC. The molecule has 0 aliphatic heterocycles. The number of ketones is 1. The van der Waals surface area contributed by atoms with Crippen LogP contribution in [0.5, 0.6) is 11.5 Å². The van der Waals surface area contributed by atoms with Crippen LogP contribution in [-0.2, 0) is 0 Å². The highest BCUT2D eigenvalue weighted by molar-refractivity contribution is 5.97. The lowest BCUT2D eigenvalue weighted by Gasteiger charge is -2.09. The van der Waals surface area contributed by atoms with Gasteiger partial charge in [0, 0.05) is 6.07 Å². The molecule has 0 saturated heterocycles. The second-order valence-corrected chi connectivity index (χ2v) is 2.86. The van der Waals surface area contributed by atoms with Crippen molar-refractivity contribution in [3.05, 3.63) is 23.5 Å². The Kier molecular flexibility index (Phi) is 3.62. The van der Waals surface area contributed by atoms with E-state index in [1.54, 1.807) is 0 Å². The molecule has 0 bridgehead atoms. The molecule has 0 amide bonds. The Morgan fingerprint density at radius 3 is 2.33 bits per heavy atom. The Hall–Kier alpha value is -1.62. The van der Waals surface area contributed by atoms with Gasteiger partial charge in [-0.1, -0.05) is 0 Å². The molecule has 1 aromatic rings. The Morgan fingerprint density at radius 1 is 1.33 bits per heavy atom. The van der Waals surface area contributed by atoms with Gasteiger partial charge in [-0.05, 0) is 6.07 Å². The lowest BCUT2D eigenvalue weighted by Crippen LogP contribution is -2.54. The molecule has 1 rings (SSSR count). The predicted molar refractivity (Wildman–Crippen MR) is 51.6 cm³/mol. The van der Waals surface area contributed by atoms with E-state index in [9.17, 15) is 9.18 Å². The standard InChI is InChI=1S/C10H12FNO3/c1-14-9-3-6(8(13)5-12)7(11)4-10(9)15-2/h3-4H,5,12H2,1-2H3/p+1. The van der Waals surface area contributed by atoms with Gasteiger partial charge in [0.15, 0.2) is 11.5 Å². The van der Waals surface area contributed by atoms with E-state index >= 15 is 0 Å². The second-order valence-electron chi connectivity index (χ2n) is 2.86. The van der Waals surface area contributed by atoms with Crippen molar-refractivity contribution >= 4 is 5.78 Å². The fourth-order valence-electron chi connectivity index (χ4n) is 1.20. The lowest BCUT2D eigenvalue weighted by atomic mass is 10.1. The zero-order valence-corrected chi connectivity index (χ0v) is 8.67. The normalized spacial score (nSPS) is 9.87. The van der Waals surface area contributed by atoms with Crippen molar-refractivity contribution in [2.24, 2.45) is 0 Å². The molecule has 3 N–H and O–H groups in total. The lowest BCUT2D eigenvalue weighted by molar-refractivity contribution is -0.349. The van der Waals surface area contributed by atoms with Crippen LogP contribution >= 0.6 is 0 Å². The number of carbonyl (C=O) groups excluding carboxylic acids is 1. The van der Waals surface area contributed by atoms with Gasteiger partial charge in [0.2, 0.25) is 5.78 Å². The van der Waals surface area contributed by atoms with Crippen LogP contribution in [-0.4, -0.2) is 26.5 Å². The first-order valence-electron chi connectivity index (χ1n) is 4.38. The minimum Gasteiger partial charge on any atom is -0.493 e. The number of methoxy groups -OCH3 is 2. The van der Waals surface area contributed by atoms with Gasteiger partial charge in [-0.2, -0.15) is 0 Å². The molecule has 0 saturated carbocycles. The van der Waals surface area contributed by atoms with E-state index in [1.165, 1.54) is 20.3 Å². The van der Waals surface area contributed by atoms with Crippen LogP contribution < -0.4 is 15.2 Å². The van der Waals surface area contributed by atoms with Crippen molar-refractivity contribution in [2.45, 2.75) is 0 Å². The molecular formula is C10H13FNO3+. The third-order valence-corrected chi connectivity index (χ3v) is 2.00. The van der Waals surface area contributed by atoms with Crippen molar-refractivity contribution in [3.8, 4) is 11.5 Å². The number of quaternary nitrogens is 1. The van der Waals surface area contributed by atoms with Crippen LogP contribution in [0.15, 0.2) is 12.1 Å². The zero-order valence-electron chi connectivity index (χ0n) is 8.67. The molecule has 0 aromatic heterocycles. The number of ether oxygens (including phenoxy) is 2. The summed E-state index contributed by atoms with van der Waals surface area (Å²) < 4.78 is 23.3. The summed E-state index contributed by atoms with van der Waals surface area (Å²) in [6, 6.07) is 2.45. The van der Waals surface area contributed by atoms with Crippen molar-refractivity contribution in [1.82, 2.24) is 0 Å². The summed E-state index contributed by atoms with van der Waals surface area (Å²) in [5.41, 5.74) is 3.39. The minimum atomic E-state index is -0.624.